The van der Waals surface area contributed by atoms with Gasteiger partial charge in [-0.05, 0) is 74.2 Å². The summed E-state index contributed by atoms with van der Waals surface area (Å²) < 4.78 is 43.4. The molecule has 0 fully saturated rings. The van der Waals surface area contributed by atoms with Gasteiger partial charge >= 0.3 is 0 Å². The number of fused-ring (bicyclic) bond motifs is 4. The summed E-state index contributed by atoms with van der Waals surface area (Å²) in [5.74, 6) is 4.37. The maximum Gasteiger partial charge on any atom is 0.246 e. The summed E-state index contributed by atoms with van der Waals surface area (Å²) in [5, 5.41) is 11.5. The van der Waals surface area contributed by atoms with Gasteiger partial charge in [-0.1, -0.05) is 69.2 Å². The van der Waals surface area contributed by atoms with Gasteiger partial charge in [0.05, 0.1) is 0 Å². The first kappa shape index (κ1) is 54.1. The fourth-order valence-corrected chi connectivity index (χ4v) is 6.37. The Morgan fingerprint density at radius 3 is 1.07 bits per heavy atom. The molecular weight excluding hydrogens is 897 g/mol. The van der Waals surface area contributed by atoms with Gasteiger partial charge in [-0.25, -0.2) is 0 Å². The molecule has 0 radical (unpaired) electrons. The summed E-state index contributed by atoms with van der Waals surface area (Å²) in [6.07, 6.45) is 3.24. The molecule has 4 aromatic rings. The summed E-state index contributed by atoms with van der Waals surface area (Å²) in [6, 6.07) is 21.7. The average molecular weight is 969 g/mol. The smallest absolute Gasteiger partial charge is 0.246 e. The third-order valence-corrected chi connectivity index (χ3v) is 12.2. The highest BCUT2D eigenvalue weighted by molar-refractivity contribution is 5.96. The number of benzene rings is 4. The van der Waals surface area contributed by atoms with Gasteiger partial charge in [0.2, 0.25) is 48.8 Å². The molecule has 70 heavy (non-hydrogen) atoms. The highest BCUT2D eigenvalue weighted by Crippen LogP contribution is 2.42. The molecular formula is C54H72N4O12. The Balaban J connectivity index is 0.000000174. The van der Waals surface area contributed by atoms with E-state index in [9.17, 15) is 19.2 Å². The maximum atomic E-state index is 12.1. The molecule has 16 heteroatoms. The van der Waals surface area contributed by atoms with Gasteiger partial charge in [-0.3, -0.25) is 19.2 Å². The van der Waals surface area contributed by atoms with Gasteiger partial charge in [0.1, 0.15) is 0 Å². The fraction of sp³-hybridized carbons (Fsp3) is 0.481. The third kappa shape index (κ3) is 14.6. The topological polar surface area (TPSA) is 190 Å². The number of amides is 4. The lowest BCUT2D eigenvalue weighted by atomic mass is 9.89. The Morgan fingerprint density at radius 2 is 0.743 bits per heavy atom. The van der Waals surface area contributed by atoms with Crippen molar-refractivity contribution in [3.63, 3.8) is 0 Å². The Labute approximate surface area is 412 Å². The van der Waals surface area contributed by atoms with Crippen molar-refractivity contribution in [2.75, 3.05) is 34.9 Å². The normalized spacial score (nSPS) is 15.5. The number of ether oxygens (including phenoxy) is 8. The van der Waals surface area contributed by atoms with Crippen LogP contribution in [0.15, 0.2) is 72.8 Å². The lowest BCUT2D eigenvalue weighted by Crippen LogP contribution is -2.30. The molecule has 4 aromatic carbocycles. The number of hydrogen-bond acceptors (Lipinski definition) is 12. The molecule has 2 atom stereocenters. The summed E-state index contributed by atoms with van der Waals surface area (Å²) in [6.45, 7) is 27.4. The van der Waals surface area contributed by atoms with Crippen LogP contribution in [0.3, 0.4) is 0 Å². The van der Waals surface area contributed by atoms with Crippen molar-refractivity contribution < 1.29 is 57.1 Å². The number of anilines is 4. The van der Waals surface area contributed by atoms with Gasteiger partial charge in [0, 0.05) is 97.4 Å². The molecule has 0 bridgehead atoms. The summed E-state index contributed by atoms with van der Waals surface area (Å²) in [5.41, 5.74) is 2.20. The Morgan fingerprint density at radius 1 is 0.457 bits per heavy atom. The first-order valence-electron chi connectivity index (χ1n) is 24.0. The predicted octanol–water partition coefficient (Wildman–Crippen LogP) is 11.9. The molecule has 8 rings (SSSR count). The van der Waals surface area contributed by atoms with E-state index >= 15 is 0 Å². The Hall–Kier alpha value is -6.84. The molecule has 0 aliphatic carbocycles. The molecule has 0 aromatic heterocycles. The van der Waals surface area contributed by atoms with E-state index in [2.05, 4.69) is 21.3 Å². The minimum Gasteiger partial charge on any atom is -0.454 e. The van der Waals surface area contributed by atoms with Gasteiger partial charge in [0.15, 0.2) is 46.0 Å². The van der Waals surface area contributed by atoms with Crippen LogP contribution in [0.4, 0.5) is 22.7 Å². The van der Waals surface area contributed by atoms with Crippen LogP contribution in [-0.2, 0) is 19.2 Å². The molecule has 0 spiro atoms. The molecule has 2 unspecified atom stereocenters. The summed E-state index contributed by atoms with van der Waals surface area (Å²) >= 11 is 0. The van der Waals surface area contributed by atoms with Crippen molar-refractivity contribution in [2.45, 2.75) is 134 Å². The fourth-order valence-electron chi connectivity index (χ4n) is 6.37. The minimum absolute atomic E-state index is 0.00636. The number of carbonyl (C=O) groups is 4. The second-order valence-electron chi connectivity index (χ2n) is 19.6. The van der Waals surface area contributed by atoms with Crippen molar-refractivity contribution >= 4 is 46.4 Å². The molecule has 4 heterocycles. The molecule has 0 saturated heterocycles. The molecule has 4 aliphatic rings. The van der Waals surface area contributed by atoms with Crippen LogP contribution in [0.25, 0.3) is 0 Å². The summed E-state index contributed by atoms with van der Waals surface area (Å²) in [7, 11) is 0. The van der Waals surface area contributed by atoms with E-state index in [-0.39, 0.29) is 59.9 Å². The van der Waals surface area contributed by atoms with E-state index in [0.29, 0.717) is 34.5 Å². The van der Waals surface area contributed by atoms with Crippen LogP contribution in [0, 0.1) is 22.7 Å². The molecule has 4 aliphatic heterocycles. The van der Waals surface area contributed by atoms with Crippen LogP contribution in [0.2, 0.25) is 0 Å². The third-order valence-electron chi connectivity index (χ3n) is 12.2. The first-order valence-corrected chi connectivity index (χ1v) is 24.0. The van der Waals surface area contributed by atoms with Crippen molar-refractivity contribution in [3.8, 4) is 46.0 Å². The van der Waals surface area contributed by atoms with Gasteiger partial charge in [-0.2, -0.15) is 0 Å². The van der Waals surface area contributed by atoms with Crippen LogP contribution in [0.5, 0.6) is 46.0 Å². The first-order chi connectivity index (χ1) is 32.9. The van der Waals surface area contributed by atoms with E-state index in [0.717, 1.165) is 59.9 Å². The zero-order chi connectivity index (χ0) is 51.6. The highest BCUT2D eigenvalue weighted by atomic mass is 16.7. The number of carbonyl (C=O) groups excluding carboxylic acids is 4. The molecule has 16 nitrogen and oxygen atoms in total. The maximum absolute atomic E-state index is 12.1. The molecule has 4 amide bonds. The van der Waals surface area contributed by atoms with E-state index in [4.69, 9.17) is 37.9 Å². The standard InChI is InChI=1S/C15H21NO3.C14H19NO3.C13H17NO3.C12H15NO3/c1-6-14(2,3)13(17)16-10-7-8-11-12(9-10)19-15(4,5)18-11;1-5-9(2)13(16)15-10-6-7-11-12(8-10)18-14(3,4)17-11;1-4-13(2,3)12(15)14-9-5-6-10-11(7-9)17-8-16-10;1-3-8(2)12(14)13-9-4-5-10-11(6-9)16-7-15-10/h7-9H,6H2,1-5H3,(H,16,17);6-9H,5H2,1-4H3,(H,15,16);5-7H,4,8H2,1-3H3,(H,14,15);4-6,8H,3,7H2,1-2H3,(H,13,14). The lowest BCUT2D eigenvalue weighted by Gasteiger charge is -2.21. The van der Waals surface area contributed by atoms with Gasteiger partial charge in [-0.15, -0.1) is 0 Å². The minimum atomic E-state index is -0.645. The highest BCUT2D eigenvalue weighted by Gasteiger charge is 2.34. The van der Waals surface area contributed by atoms with E-state index < -0.39 is 11.6 Å². The second-order valence-corrected chi connectivity index (χ2v) is 19.6. The molecule has 380 valence electrons. The van der Waals surface area contributed by atoms with Crippen molar-refractivity contribution in [2.24, 2.45) is 22.7 Å². The van der Waals surface area contributed by atoms with Crippen molar-refractivity contribution in [3.05, 3.63) is 72.8 Å². The SMILES string of the molecule is CCC(C)(C)C(=O)Nc1ccc2c(c1)OC(C)(C)O2.CCC(C)(C)C(=O)Nc1ccc2c(c1)OCO2.CCC(C)C(=O)Nc1ccc2c(c1)OC(C)(C)O2.CCC(C)C(=O)Nc1ccc2c(c1)OCO2. The Kier molecular flexibility index (Phi) is 17.6. The average Bonchev–Trinajstić information content (AvgIpc) is 4.12. The predicted molar refractivity (Wildman–Crippen MR) is 270 cm³/mol. The second kappa shape index (κ2) is 22.7. The van der Waals surface area contributed by atoms with Crippen LogP contribution in [-0.4, -0.2) is 48.8 Å². The summed E-state index contributed by atoms with van der Waals surface area (Å²) in [4.78, 5) is 47.5. The lowest BCUT2D eigenvalue weighted by molar-refractivity contribution is -0.124. The largest absolute Gasteiger partial charge is 0.454 e. The number of nitrogens with one attached hydrogen (secondary N) is 4. The van der Waals surface area contributed by atoms with Gasteiger partial charge < -0.3 is 59.2 Å². The van der Waals surface area contributed by atoms with Crippen molar-refractivity contribution in [1.29, 1.82) is 0 Å². The quantitative estimate of drug-likeness (QED) is 0.105. The number of hydrogen-bond donors (Lipinski definition) is 4. The zero-order valence-electron chi connectivity index (χ0n) is 43.2. The van der Waals surface area contributed by atoms with Crippen LogP contribution >= 0.6 is 0 Å². The van der Waals surface area contributed by atoms with Gasteiger partial charge in [0.25, 0.3) is 0 Å². The zero-order valence-corrected chi connectivity index (χ0v) is 43.2. The monoisotopic (exact) mass is 969 g/mol. The van der Waals surface area contributed by atoms with E-state index in [1.54, 1.807) is 36.4 Å². The van der Waals surface area contributed by atoms with Crippen molar-refractivity contribution in [1.82, 2.24) is 0 Å². The van der Waals surface area contributed by atoms with Crippen LogP contribution in [0.1, 0.15) is 123 Å². The van der Waals surface area contributed by atoms with E-state index in [1.807, 2.05) is 133 Å². The van der Waals surface area contributed by atoms with Crippen LogP contribution < -0.4 is 59.2 Å². The molecule has 4 N–H and O–H groups in total. The number of rotatable bonds is 12. The Bertz CT molecular complexity index is 2500. The van der Waals surface area contributed by atoms with E-state index in [1.165, 1.54) is 0 Å². The molecule has 0 saturated carbocycles.